The summed E-state index contributed by atoms with van der Waals surface area (Å²) in [6.07, 6.45) is 3.20. The minimum atomic E-state index is -0.818. The maximum atomic E-state index is 10.8. The molecule has 1 aliphatic carbocycles. The Balaban J connectivity index is 0.00000312. The third-order valence-electron chi connectivity index (χ3n) is 8.94. The van der Waals surface area contributed by atoms with Gasteiger partial charge in [-0.05, 0) is 57.3 Å². The molecule has 3 aromatic heterocycles. The van der Waals surface area contributed by atoms with Crippen LogP contribution in [0.1, 0.15) is 22.4 Å². The summed E-state index contributed by atoms with van der Waals surface area (Å²) in [6.45, 7) is 0. The van der Waals surface area contributed by atoms with E-state index in [0.29, 0.717) is 22.5 Å². The molecule has 0 saturated heterocycles. The number of nitrogens with zero attached hydrogens (tertiary/aromatic N) is 3. The molecule has 0 saturated carbocycles. The van der Waals surface area contributed by atoms with Crippen molar-refractivity contribution in [2.75, 3.05) is 0 Å². The number of phenolic OH excluding ortho intramolecular Hbond substituents is 1. The summed E-state index contributed by atoms with van der Waals surface area (Å²) in [4.78, 5) is 14.3. The zero-order valence-corrected chi connectivity index (χ0v) is 26.6. The van der Waals surface area contributed by atoms with Crippen LogP contribution >= 0.6 is 0 Å². The van der Waals surface area contributed by atoms with E-state index in [-0.39, 0.29) is 26.8 Å². The average molecular weight is 774 g/mol. The van der Waals surface area contributed by atoms with E-state index in [1.807, 2.05) is 48.5 Å². The number of aromatic nitrogens is 3. The number of pyridine rings is 1. The number of furan rings is 1. The second-order valence-electron chi connectivity index (χ2n) is 11.3. The number of para-hydroxylation sites is 1. The van der Waals surface area contributed by atoms with Gasteiger partial charge in [0.2, 0.25) is 0 Å². The molecule has 1 atom stereocenters. The van der Waals surface area contributed by atoms with Crippen molar-refractivity contribution in [3.63, 3.8) is 0 Å². The van der Waals surface area contributed by atoms with Crippen molar-refractivity contribution in [2.45, 2.75) is 5.41 Å². The van der Waals surface area contributed by atoms with Gasteiger partial charge in [0.15, 0.2) is 0 Å². The van der Waals surface area contributed by atoms with Crippen LogP contribution in [0.3, 0.4) is 0 Å². The first kappa shape index (κ1) is 28.1. The van der Waals surface area contributed by atoms with E-state index in [1.165, 1.54) is 16.3 Å². The largest absolute Gasteiger partial charge is 0.507 e. The quantitative estimate of drug-likeness (QED) is 0.181. The van der Waals surface area contributed by atoms with Crippen molar-refractivity contribution in [2.24, 2.45) is 0 Å². The predicted octanol–water partition coefficient (Wildman–Crippen LogP) is 8.97. The van der Waals surface area contributed by atoms with Crippen LogP contribution in [0, 0.1) is 6.07 Å². The molecule has 0 radical (unpaired) electrons. The van der Waals surface area contributed by atoms with Gasteiger partial charge in [-0.2, -0.15) is 0 Å². The molecule has 222 valence electrons. The zero-order chi connectivity index (χ0) is 30.0. The van der Waals surface area contributed by atoms with Crippen molar-refractivity contribution < 1.29 is 30.6 Å². The van der Waals surface area contributed by atoms with E-state index < -0.39 is 5.41 Å². The summed E-state index contributed by atoms with van der Waals surface area (Å²) in [7, 11) is 0. The van der Waals surface area contributed by atoms with Gasteiger partial charge in [-0.15, -0.1) is 35.4 Å². The number of hydrogen-bond acceptors (Lipinski definition) is 5. The molecular formula is C40H24N3O2Pt-. The summed E-state index contributed by atoms with van der Waals surface area (Å²) >= 11 is 0. The molecule has 6 heteroatoms. The van der Waals surface area contributed by atoms with E-state index >= 15 is 0 Å². The molecule has 1 unspecified atom stereocenters. The second-order valence-corrected chi connectivity index (χ2v) is 11.3. The molecule has 0 fully saturated rings. The van der Waals surface area contributed by atoms with Crippen LogP contribution in [0.4, 0.5) is 0 Å². The van der Waals surface area contributed by atoms with Gasteiger partial charge < -0.3 is 9.52 Å². The van der Waals surface area contributed by atoms with E-state index in [1.54, 1.807) is 18.7 Å². The van der Waals surface area contributed by atoms with Crippen molar-refractivity contribution in [1.29, 1.82) is 0 Å². The summed E-state index contributed by atoms with van der Waals surface area (Å²) in [6, 6.07) is 46.8. The Bertz CT molecular complexity index is 2440. The molecule has 0 spiro atoms. The molecule has 1 N–H and O–H groups in total. The molecule has 0 bridgehead atoms. The number of hydrogen-bond donors (Lipinski definition) is 1. The minimum Gasteiger partial charge on any atom is -0.507 e. The summed E-state index contributed by atoms with van der Waals surface area (Å²) in [5.41, 5.74) is 9.78. The minimum absolute atomic E-state index is 0. The molecule has 0 aliphatic heterocycles. The smallest absolute Gasteiger partial charge is 0.137 e. The number of aromatic hydroxyl groups is 1. The maximum absolute atomic E-state index is 10.8. The molecule has 3 heterocycles. The molecular weight excluding hydrogens is 750 g/mol. The summed E-state index contributed by atoms with van der Waals surface area (Å²) in [5, 5.41) is 13.2. The van der Waals surface area contributed by atoms with Gasteiger partial charge in [0.05, 0.1) is 23.1 Å². The van der Waals surface area contributed by atoms with Crippen LogP contribution in [0.25, 0.3) is 55.5 Å². The van der Waals surface area contributed by atoms with Crippen LogP contribution in [0.5, 0.6) is 5.75 Å². The van der Waals surface area contributed by atoms with Crippen LogP contribution in [-0.2, 0) is 26.5 Å². The van der Waals surface area contributed by atoms with Gasteiger partial charge >= 0.3 is 0 Å². The number of fused-ring (bicyclic) bond motifs is 6. The molecule has 5 nitrogen and oxygen atoms in total. The van der Waals surface area contributed by atoms with Crippen molar-refractivity contribution >= 4 is 21.9 Å². The van der Waals surface area contributed by atoms with Crippen LogP contribution in [-0.4, -0.2) is 20.1 Å². The van der Waals surface area contributed by atoms with Gasteiger partial charge in [0.1, 0.15) is 23.2 Å². The molecule has 1 aliphatic rings. The Labute approximate surface area is 279 Å². The van der Waals surface area contributed by atoms with Gasteiger partial charge in [-0.3, -0.25) is 9.97 Å². The molecule has 0 amide bonds. The number of rotatable bonds is 4. The Morgan fingerprint density at radius 3 is 2.39 bits per heavy atom. The predicted molar refractivity (Wildman–Crippen MR) is 176 cm³/mol. The first-order valence-electron chi connectivity index (χ1n) is 14.8. The van der Waals surface area contributed by atoms with E-state index in [0.717, 1.165) is 39.0 Å². The third-order valence-corrected chi connectivity index (χ3v) is 8.94. The topological polar surface area (TPSA) is 72.0 Å². The van der Waals surface area contributed by atoms with Gasteiger partial charge in [0.25, 0.3) is 0 Å². The van der Waals surface area contributed by atoms with Crippen LogP contribution in [0.2, 0.25) is 0 Å². The van der Waals surface area contributed by atoms with Gasteiger partial charge in [-0.25, -0.2) is 4.98 Å². The van der Waals surface area contributed by atoms with Gasteiger partial charge in [0, 0.05) is 38.4 Å². The fourth-order valence-electron chi connectivity index (χ4n) is 7.04. The summed E-state index contributed by atoms with van der Waals surface area (Å²) < 4.78 is 5.83. The van der Waals surface area contributed by atoms with Crippen molar-refractivity contribution in [1.82, 2.24) is 15.0 Å². The van der Waals surface area contributed by atoms with Crippen molar-refractivity contribution in [3.05, 3.63) is 168 Å². The monoisotopic (exact) mass is 773 g/mol. The van der Waals surface area contributed by atoms with E-state index in [2.05, 4.69) is 88.8 Å². The third kappa shape index (κ3) is 4.02. The molecule has 5 aromatic carbocycles. The Hall–Kier alpha value is -5.38. The van der Waals surface area contributed by atoms with Gasteiger partial charge in [-0.1, -0.05) is 78.9 Å². The fourth-order valence-corrected chi connectivity index (χ4v) is 7.04. The maximum Gasteiger partial charge on any atom is 0.137 e. The normalized spacial score (nSPS) is 15.0. The number of phenols is 1. The Morgan fingerprint density at radius 1 is 0.674 bits per heavy atom. The molecule has 9 rings (SSSR count). The second kappa shape index (κ2) is 10.9. The fraction of sp³-hybridized carbons (Fsp3) is 0.0250. The Kier molecular flexibility index (Phi) is 6.66. The van der Waals surface area contributed by atoms with Crippen molar-refractivity contribution in [3.8, 4) is 39.4 Å². The van der Waals surface area contributed by atoms with E-state index in [9.17, 15) is 5.11 Å². The standard InChI is InChI=1S/C40H24N3O2.Pt/c44-35-17-6-4-14-30(35)33-16-8-18-36(43-33)40(27-11-7-10-26(23-27)38-39-34(21-22-45-39)41-24-42-38)31-15-5-3-13-29(31)37-28-12-2-1-9-25(28)19-20-32(37)40;/h1-22,24,44H;/q-1;. The molecule has 8 aromatic rings. The SMILES string of the molecule is Oc1ccccc1-c1cccc(C2(c3[c-]c(-c4ncnc5ccoc45)ccc3)c3ccccc3-c3c2ccc2ccccc32)n1.[Pt]. The van der Waals surface area contributed by atoms with Crippen LogP contribution in [0.15, 0.2) is 144 Å². The average Bonchev–Trinajstić information content (AvgIpc) is 3.70. The van der Waals surface area contributed by atoms with Crippen LogP contribution < -0.4 is 0 Å². The zero-order valence-electron chi connectivity index (χ0n) is 24.3. The first-order valence-corrected chi connectivity index (χ1v) is 14.8. The first-order chi connectivity index (χ1) is 22.2. The van der Waals surface area contributed by atoms with E-state index in [4.69, 9.17) is 9.40 Å². The number of benzene rings is 5. The Morgan fingerprint density at radius 2 is 1.48 bits per heavy atom. The molecule has 46 heavy (non-hydrogen) atoms. The summed E-state index contributed by atoms with van der Waals surface area (Å²) in [5.74, 6) is 0.189.